The molecule has 0 aliphatic carbocycles. The van der Waals surface area contributed by atoms with Crippen molar-refractivity contribution in [1.29, 1.82) is 0 Å². The number of hydrogen-bond acceptors (Lipinski definition) is 3. The minimum Gasteiger partial charge on any atom is -0.258 e. The van der Waals surface area contributed by atoms with Gasteiger partial charge < -0.3 is 0 Å². The topological polar surface area (TPSA) is 43.1 Å². The Bertz CT molecular complexity index is 433. The minimum atomic E-state index is -4.68. The second-order valence-corrected chi connectivity index (χ2v) is 3.98. The number of halogens is 4. The summed E-state index contributed by atoms with van der Waals surface area (Å²) in [5.74, 6) is -1.12. The van der Waals surface area contributed by atoms with Crippen LogP contribution in [0.25, 0.3) is 0 Å². The zero-order chi connectivity index (χ0) is 12.5. The number of benzene rings is 1. The van der Waals surface area contributed by atoms with Gasteiger partial charge in [0.05, 0.1) is 9.82 Å². The van der Waals surface area contributed by atoms with Crippen LogP contribution in [0.4, 0.5) is 23.2 Å². The number of alkyl halides is 3. The van der Waals surface area contributed by atoms with Gasteiger partial charge in [0.1, 0.15) is 5.82 Å². The molecule has 3 nitrogen and oxygen atoms in total. The van der Waals surface area contributed by atoms with Crippen LogP contribution >= 0.6 is 11.8 Å². The van der Waals surface area contributed by atoms with E-state index in [1.807, 2.05) is 0 Å². The monoisotopic (exact) mass is 255 g/mol. The molecule has 0 atom stereocenters. The first-order chi connectivity index (χ1) is 7.20. The molecule has 0 amide bonds. The molecule has 0 heterocycles. The number of nitrogens with zero attached hydrogens (tertiary/aromatic N) is 1. The maximum absolute atomic E-state index is 13.1. The third kappa shape index (κ3) is 3.09. The molecule has 8 heteroatoms. The number of rotatable bonds is 2. The van der Waals surface area contributed by atoms with Gasteiger partial charge in [0, 0.05) is 11.6 Å². The van der Waals surface area contributed by atoms with E-state index in [1.165, 1.54) is 6.92 Å². The SMILES string of the molecule is Cc1cc(F)c(SC(F)(F)F)cc1[N+](=O)[O-]. The van der Waals surface area contributed by atoms with Crippen molar-refractivity contribution < 1.29 is 22.5 Å². The second-order valence-electron chi connectivity index (χ2n) is 2.87. The summed E-state index contributed by atoms with van der Waals surface area (Å²) in [4.78, 5) is 8.79. The number of nitro benzene ring substituents is 1. The van der Waals surface area contributed by atoms with E-state index >= 15 is 0 Å². The third-order valence-corrected chi connectivity index (χ3v) is 2.44. The Labute approximate surface area is 91.6 Å². The maximum Gasteiger partial charge on any atom is 0.446 e. The van der Waals surface area contributed by atoms with Crippen LogP contribution < -0.4 is 0 Å². The Morgan fingerprint density at radius 1 is 1.38 bits per heavy atom. The van der Waals surface area contributed by atoms with E-state index in [-0.39, 0.29) is 5.56 Å². The summed E-state index contributed by atoms with van der Waals surface area (Å²) in [5.41, 5.74) is -5.23. The average molecular weight is 255 g/mol. The van der Waals surface area contributed by atoms with Crippen molar-refractivity contribution in [2.24, 2.45) is 0 Å². The summed E-state index contributed by atoms with van der Waals surface area (Å²) in [6, 6.07) is 1.30. The van der Waals surface area contributed by atoms with Crippen molar-refractivity contribution >= 4 is 17.4 Å². The highest BCUT2D eigenvalue weighted by Gasteiger charge is 2.32. The largest absolute Gasteiger partial charge is 0.446 e. The molecule has 0 bridgehead atoms. The van der Waals surface area contributed by atoms with Crippen LogP contribution in [0.1, 0.15) is 5.56 Å². The number of hydrogen-bond donors (Lipinski definition) is 0. The summed E-state index contributed by atoms with van der Waals surface area (Å²) < 4.78 is 49.0. The van der Waals surface area contributed by atoms with Crippen molar-refractivity contribution in [3.05, 3.63) is 33.6 Å². The molecule has 16 heavy (non-hydrogen) atoms. The molecule has 0 unspecified atom stereocenters. The van der Waals surface area contributed by atoms with Crippen molar-refractivity contribution in [3.8, 4) is 0 Å². The van der Waals surface area contributed by atoms with Crippen LogP contribution in [0.3, 0.4) is 0 Å². The van der Waals surface area contributed by atoms with Crippen molar-refractivity contribution in [2.45, 2.75) is 17.3 Å². The molecule has 0 aliphatic rings. The predicted molar refractivity (Wildman–Crippen MR) is 49.7 cm³/mol. The fraction of sp³-hybridized carbons (Fsp3) is 0.250. The Morgan fingerprint density at radius 3 is 2.38 bits per heavy atom. The van der Waals surface area contributed by atoms with E-state index in [1.54, 1.807) is 0 Å². The lowest BCUT2D eigenvalue weighted by Gasteiger charge is -2.07. The quantitative estimate of drug-likeness (QED) is 0.350. The van der Waals surface area contributed by atoms with Crippen LogP contribution in [-0.2, 0) is 0 Å². The van der Waals surface area contributed by atoms with E-state index in [0.29, 0.717) is 12.1 Å². The van der Waals surface area contributed by atoms with Gasteiger partial charge in [-0.15, -0.1) is 0 Å². The summed E-state index contributed by atoms with van der Waals surface area (Å²) >= 11 is -0.712. The van der Waals surface area contributed by atoms with Gasteiger partial charge in [-0.2, -0.15) is 13.2 Å². The maximum atomic E-state index is 13.1. The highest BCUT2D eigenvalue weighted by Crippen LogP contribution is 2.40. The molecule has 0 fully saturated rings. The smallest absolute Gasteiger partial charge is 0.258 e. The molecule has 1 rings (SSSR count). The molecule has 0 spiro atoms. The second kappa shape index (κ2) is 4.28. The molecule has 0 aromatic heterocycles. The van der Waals surface area contributed by atoms with Gasteiger partial charge in [-0.05, 0) is 24.8 Å². The summed E-state index contributed by atoms with van der Waals surface area (Å²) in [6.45, 7) is 1.25. The first-order valence-electron chi connectivity index (χ1n) is 3.91. The Hall–Kier alpha value is -1.31. The van der Waals surface area contributed by atoms with E-state index in [9.17, 15) is 27.7 Å². The van der Waals surface area contributed by atoms with Crippen LogP contribution in [0.2, 0.25) is 0 Å². The van der Waals surface area contributed by atoms with Gasteiger partial charge in [0.2, 0.25) is 0 Å². The van der Waals surface area contributed by atoms with Gasteiger partial charge in [0.15, 0.2) is 0 Å². The molecule has 1 aromatic rings. The van der Waals surface area contributed by atoms with Gasteiger partial charge in [-0.25, -0.2) is 4.39 Å². The van der Waals surface area contributed by atoms with Gasteiger partial charge >= 0.3 is 5.51 Å². The van der Waals surface area contributed by atoms with Crippen LogP contribution in [0, 0.1) is 22.9 Å². The summed E-state index contributed by atoms with van der Waals surface area (Å²) in [6.07, 6.45) is 0. The number of nitro groups is 1. The fourth-order valence-corrected chi connectivity index (χ4v) is 1.62. The molecular weight excluding hydrogens is 250 g/mol. The molecule has 1 aromatic carbocycles. The third-order valence-electron chi connectivity index (χ3n) is 1.67. The average Bonchev–Trinajstić information content (AvgIpc) is 2.07. The lowest BCUT2D eigenvalue weighted by atomic mass is 10.2. The minimum absolute atomic E-state index is 0.0194. The fourth-order valence-electron chi connectivity index (χ4n) is 1.04. The van der Waals surface area contributed by atoms with Gasteiger partial charge in [0.25, 0.3) is 5.69 Å². The standard InChI is InChI=1S/C8H5F4NO2S/c1-4-2-5(9)7(16-8(10,11)12)3-6(4)13(14)15/h2-3H,1H3. The number of aryl methyl sites for hydroxylation is 1. The Morgan fingerprint density at radius 2 is 1.94 bits per heavy atom. The van der Waals surface area contributed by atoms with E-state index in [0.717, 1.165) is 0 Å². The summed E-state index contributed by atoms with van der Waals surface area (Å²) in [7, 11) is 0. The molecule has 0 radical (unpaired) electrons. The molecule has 0 N–H and O–H groups in total. The summed E-state index contributed by atoms with van der Waals surface area (Å²) in [5, 5.41) is 10.4. The lowest BCUT2D eigenvalue weighted by Crippen LogP contribution is -2.02. The zero-order valence-electron chi connectivity index (χ0n) is 7.84. The Kier molecular flexibility index (Phi) is 3.41. The molecule has 0 aliphatic heterocycles. The van der Waals surface area contributed by atoms with Crippen molar-refractivity contribution in [2.75, 3.05) is 0 Å². The molecule has 0 saturated carbocycles. The lowest BCUT2D eigenvalue weighted by molar-refractivity contribution is -0.385. The van der Waals surface area contributed by atoms with Gasteiger partial charge in [-0.3, -0.25) is 10.1 Å². The normalized spacial score (nSPS) is 11.6. The first-order valence-corrected chi connectivity index (χ1v) is 4.72. The molecular formula is C8H5F4NO2S. The Balaban J connectivity index is 3.20. The van der Waals surface area contributed by atoms with Crippen LogP contribution in [0.15, 0.2) is 17.0 Å². The van der Waals surface area contributed by atoms with E-state index < -0.39 is 38.6 Å². The zero-order valence-corrected chi connectivity index (χ0v) is 8.66. The van der Waals surface area contributed by atoms with Crippen LogP contribution in [0.5, 0.6) is 0 Å². The highest BCUT2D eigenvalue weighted by molar-refractivity contribution is 8.00. The van der Waals surface area contributed by atoms with E-state index in [2.05, 4.69) is 0 Å². The molecule has 88 valence electrons. The molecule has 0 saturated heterocycles. The first kappa shape index (κ1) is 12.8. The van der Waals surface area contributed by atoms with Crippen molar-refractivity contribution in [1.82, 2.24) is 0 Å². The predicted octanol–water partition coefficient (Wildman–Crippen LogP) is 3.65. The number of thioether (sulfide) groups is 1. The van der Waals surface area contributed by atoms with E-state index in [4.69, 9.17) is 0 Å². The van der Waals surface area contributed by atoms with Gasteiger partial charge in [-0.1, -0.05) is 0 Å². The van der Waals surface area contributed by atoms with Crippen LogP contribution in [-0.4, -0.2) is 10.4 Å². The van der Waals surface area contributed by atoms with Crippen molar-refractivity contribution in [3.63, 3.8) is 0 Å². The highest BCUT2D eigenvalue weighted by atomic mass is 32.2.